The number of hydrogen-bond donors (Lipinski definition) is 1. The van der Waals surface area contributed by atoms with Gasteiger partial charge in [-0.2, -0.15) is 0 Å². The fourth-order valence-electron chi connectivity index (χ4n) is 3.26. The Morgan fingerprint density at radius 3 is 2.38 bits per heavy atom. The van der Waals surface area contributed by atoms with E-state index in [0.717, 1.165) is 14.9 Å². The van der Waals surface area contributed by atoms with E-state index in [1.54, 1.807) is 48.5 Å². The second kappa shape index (κ2) is 10.4. The minimum absolute atomic E-state index is 0.208. The topological polar surface area (TPSA) is 75.7 Å². The van der Waals surface area contributed by atoms with Gasteiger partial charge in [0.2, 0.25) is 0 Å². The van der Waals surface area contributed by atoms with Crippen molar-refractivity contribution in [1.82, 2.24) is 5.32 Å². The van der Waals surface area contributed by atoms with Crippen LogP contribution in [0.3, 0.4) is 0 Å². The minimum Gasteiger partial charge on any atom is -0.487 e. The Hall–Kier alpha value is -2.46. The number of rotatable bonds is 5. The first kappa shape index (κ1) is 24.7. The smallest absolute Gasteiger partial charge is 0.335 e. The van der Waals surface area contributed by atoms with E-state index in [-0.39, 0.29) is 12.2 Å². The van der Waals surface area contributed by atoms with E-state index >= 15 is 0 Å². The highest BCUT2D eigenvalue weighted by atomic mass is 79.9. The molecule has 1 aliphatic rings. The molecule has 4 rings (SSSR count). The summed E-state index contributed by atoms with van der Waals surface area (Å²) in [5, 5.41) is 2.81. The van der Waals surface area contributed by atoms with Crippen molar-refractivity contribution in [2.45, 2.75) is 6.61 Å². The molecule has 0 aromatic heterocycles. The van der Waals surface area contributed by atoms with Gasteiger partial charge in [-0.15, -0.1) is 0 Å². The second-order valence-electron chi connectivity index (χ2n) is 7.16. The van der Waals surface area contributed by atoms with E-state index in [2.05, 4.69) is 53.1 Å². The van der Waals surface area contributed by atoms with Crippen molar-refractivity contribution in [3.05, 3.63) is 95.8 Å². The van der Waals surface area contributed by atoms with E-state index in [1.807, 2.05) is 12.1 Å². The lowest BCUT2D eigenvalue weighted by Crippen LogP contribution is -2.54. The highest BCUT2D eigenvalue weighted by Crippen LogP contribution is 2.36. The van der Waals surface area contributed by atoms with E-state index < -0.39 is 17.8 Å². The van der Waals surface area contributed by atoms with Crippen LogP contribution in [0.5, 0.6) is 5.75 Å². The summed E-state index contributed by atoms with van der Waals surface area (Å²) in [7, 11) is 0. The molecule has 1 heterocycles. The number of nitrogens with zero attached hydrogens (tertiary/aromatic N) is 1. The standard InChI is InChI=1S/C24H14Br3ClN2O4/c25-15-4-6-18(7-5-15)30-23(32)19(22(31)29-24(30)33)10-14-9-16(26)11-20(27)21(14)34-12-13-2-1-3-17(28)8-13/h1-11H,12H2,(H,29,31,33)/b19-10+. The molecule has 172 valence electrons. The first-order chi connectivity index (χ1) is 16.2. The number of ether oxygens (including phenoxy) is 1. The lowest BCUT2D eigenvalue weighted by atomic mass is 10.1. The zero-order valence-corrected chi connectivity index (χ0v) is 22.7. The van der Waals surface area contributed by atoms with E-state index in [4.69, 9.17) is 16.3 Å². The van der Waals surface area contributed by atoms with Gasteiger partial charge in [-0.1, -0.05) is 55.6 Å². The molecule has 0 unspecified atom stereocenters. The monoisotopic (exact) mass is 666 g/mol. The van der Waals surface area contributed by atoms with Gasteiger partial charge >= 0.3 is 6.03 Å². The van der Waals surface area contributed by atoms with Gasteiger partial charge in [-0.05, 0) is 76.1 Å². The maximum absolute atomic E-state index is 13.2. The molecule has 1 aliphatic heterocycles. The molecule has 1 N–H and O–H groups in total. The number of halogens is 4. The molecule has 1 saturated heterocycles. The number of anilines is 1. The second-order valence-corrected chi connectivity index (χ2v) is 10.3. The number of imide groups is 2. The van der Waals surface area contributed by atoms with Crippen LogP contribution in [-0.4, -0.2) is 17.8 Å². The predicted molar refractivity (Wildman–Crippen MR) is 141 cm³/mol. The van der Waals surface area contributed by atoms with Gasteiger partial charge in [-0.25, -0.2) is 9.69 Å². The molecule has 0 saturated carbocycles. The summed E-state index contributed by atoms with van der Waals surface area (Å²) in [6.07, 6.45) is 1.40. The fraction of sp³-hybridized carbons (Fsp3) is 0.0417. The Bertz CT molecular complexity index is 1340. The van der Waals surface area contributed by atoms with Gasteiger partial charge in [-0.3, -0.25) is 14.9 Å². The number of carbonyl (C=O) groups is 3. The lowest BCUT2D eigenvalue weighted by molar-refractivity contribution is -0.122. The predicted octanol–water partition coefficient (Wildman–Crippen LogP) is 6.87. The molecule has 4 amide bonds. The normalized spacial score (nSPS) is 15.0. The minimum atomic E-state index is -0.817. The van der Waals surface area contributed by atoms with Crippen LogP contribution in [0.15, 0.2) is 79.7 Å². The van der Waals surface area contributed by atoms with Crippen LogP contribution in [0.2, 0.25) is 5.02 Å². The van der Waals surface area contributed by atoms with Crippen molar-refractivity contribution >= 4 is 89.0 Å². The maximum atomic E-state index is 13.2. The van der Waals surface area contributed by atoms with Crippen LogP contribution in [0.25, 0.3) is 6.08 Å². The molecule has 0 aliphatic carbocycles. The third-order valence-corrected chi connectivity index (χ3v) is 6.61. The molecule has 0 spiro atoms. The number of hydrogen-bond acceptors (Lipinski definition) is 4. The molecular weight excluding hydrogens is 655 g/mol. The summed E-state index contributed by atoms with van der Waals surface area (Å²) in [6, 6.07) is 16.5. The van der Waals surface area contributed by atoms with Crippen LogP contribution >= 0.6 is 59.4 Å². The molecule has 1 fully saturated rings. The Labute approximate surface area is 225 Å². The maximum Gasteiger partial charge on any atom is 0.335 e. The SMILES string of the molecule is O=C1NC(=O)N(c2ccc(Br)cc2)C(=O)/C1=C/c1cc(Br)cc(Br)c1OCc1cccc(Cl)c1. The Kier molecular flexibility index (Phi) is 7.57. The molecular formula is C24H14Br3ClN2O4. The summed E-state index contributed by atoms with van der Waals surface area (Å²) in [6.45, 7) is 0.209. The third kappa shape index (κ3) is 5.43. The van der Waals surface area contributed by atoms with Gasteiger partial charge in [0.1, 0.15) is 17.9 Å². The number of benzene rings is 3. The Morgan fingerprint density at radius 1 is 0.941 bits per heavy atom. The first-order valence-electron chi connectivity index (χ1n) is 9.76. The van der Waals surface area contributed by atoms with Gasteiger partial charge in [0.05, 0.1) is 10.2 Å². The summed E-state index contributed by atoms with van der Waals surface area (Å²) >= 11 is 16.3. The van der Waals surface area contributed by atoms with Crippen LogP contribution < -0.4 is 15.0 Å². The van der Waals surface area contributed by atoms with E-state index in [0.29, 0.717) is 31.0 Å². The average molecular weight is 670 g/mol. The van der Waals surface area contributed by atoms with Gasteiger partial charge in [0.25, 0.3) is 11.8 Å². The average Bonchev–Trinajstić information content (AvgIpc) is 2.77. The molecule has 34 heavy (non-hydrogen) atoms. The van der Waals surface area contributed by atoms with Crippen molar-refractivity contribution in [2.24, 2.45) is 0 Å². The van der Waals surface area contributed by atoms with Crippen LogP contribution in [-0.2, 0) is 16.2 Å². The summed E-state index contributed by atoms with van der Waals surface area (Å²) in [5.41, 5.74) is 1.43. The highest BCUT2D eigenvalue weighted by Gasteiger charge is 2.37. The van der Waals surface area contributed by atoms with Crippen molar-refractivity contribution in [3.8, 4) is 5.75 Å². The molecule has 0 bridgehead atoms. The van der Waals surface area contributed by atoms with Crippen molar-refractivity contribution in [2.75, 3.05) is 4.90 Å². The molecule has 6 nitrogen and oxygen atoms in total. The zero-order valence-electron chi connectivity index (χ0n) is 17.2. The van der Waals surface area contributed by atoms with Gasteiger partial charge < -0.3 is 4.74 Å². The van der Waals surface area contributed by atoms with E-state index in [9.17, 15) is 14.4 Å². The largest absolute Gasteiger partial charge is 0.487 e. The number of urea groups is 1. The third-order valence-electron chi connectivity index (χ3n) is 4.80. The number of carbonyl (C=O) groups excluding carboxylic acids is 3. The molecule has 3 aromatic rings. The Balaban J connectivity index is 1.71. The lowest BCUT2D eigenvalue weighted by Gasteiger charge is -2.26. The number of nitrogens with one attached hydrogen (secondary N) is 1. The van der Waals surface area contributed by atoms with E-state index in [1.165, 1.54) is 6.08 Å². The molecule has 10 heteroatoms. The molecule has 3 aromatic carbocycles. The van der Waals surface area contributed by atoms with Crippen molar-refractivity contribution in [3.63, 3.8) is 0 Å². The summed E-state index contributed by atoms with van der Waals surface area (Å²) < 4.78 is 8.12. The fourth-order valence-corrected chi connectivity index (χ4v) is 5.11. The van der Waals surface area contributed by atoms with Crippen molar-refractivity contribution < 1.29 is 19.1 Å². The zero-order chi connectivity index (χ0) is 24.4. The number of barbiturate groups is 1. The van der Waals surface area contributed by atoms with Crippen LogP contribution in [0, 0.1) is 0 Å². The number of amides is 4. The quantitative estimate of drug-likeness (QED) is 0.238. The first-order valence-corrected chi connectivity index (χ1v) is 12.5. The van der Waals surface area contributed by atoms with Gasteiger partial charge in [0, 0.05) is 19.5 Å². The summed E-state index contributed by atoms with van der Waals surface area (Å²) in [5.74, 6) is -1.11. The molecule has 0 atom stereocenters. The van der Waals surface area contributed by atoms with Crippen molar-refractivity contribution in [1.29, 1.82) is 0 Å². The van der Waals surface area contributed by atoms with Crippen LogP contribution in [0.1, 0.15) is 11.1 Å². The summed E-state index contributed by atoms with van der Waals surface area (Å²) in [4.78, 5) is 39.2. The van der Waals surface area contributed by atoms with Crippen LogP contribution in [0.4, 0.5) is 10.5 Å². The molecule has 0 radical (unpaired) electrons. The highest BCUT2D eigenvalue weighted by molar-refractivity contribution is 9.11. The Morgan fingerprint density at radius 2 is 1.68 bits per heavy atom. The van der Waals surface area contributed by atoms with Gasteiger partial charge in [0.15, 0.2) is 0 Å².